The molecule has 0 spiro atoms. The molecule has 0 bridgehead atoms. The van der Waals surface area contributed by atoms with Crippen LogP contribution in [0.1, 0.15) is 51.9 Å². The molecule has 1 aliphatic rings. The molecule has 2 heterocycles. The van der Waals surface area contributed by atoms with Gasteiger partial charge in [-0.25, -0.2) is 9.97 Å². The van der Waals surface area contributed by atoms with E-state index in [0.717, 1.165) is 62.0 Å². The number of hydrogen-bond acceptors (Lipinski definition) is 5. The van der Waals surface area contributed by atoms with Gasteiger partial charge in [0.05, 0.1) is 7.11 Å². The monoisotopic (exact) mass is 458 g/mol. The number of aryl methyl sites for hydroxylation is 3. The summed E-state index contributed by atoms with van der Waals surface area (Å²) >= 11 is 0. The van der Waals surface area contributed by atoms with Gasteiger partial charge in [0.2, 0.25) is 0 Å². The lowest BCUT2D eigenvalue weighted by molar-refractivity contribution is 0.0767. The first kappa shape index (κ1) is 23.7. The van der Waals surface area contributed by atoms with E-state index in [-0.39, 0.29) is 5.91 Å². The van der Waals surface area contributed by atoms with E-state index < -0.39 is 0 Å². The average Bonchev–Trinajstić information content (AvgIpc) is 3.12. The normalized spacial score (nSPS) is 14.1. The van der Waals surface area contributed by atoms with Gasteiger partial charge in [0, 0.05) is 49.4 Å². The van der Waals surface area contributed by atoms with Crippen molar-refractivity contribution in [1.82, 2.24) is 14.9 Å². The predicted octanol–water partition coefficient (Wildman–Crippen LogP) is 4.61. The summed E-state index contributed by atoms with van der Waals surface area (Å²) in [4.78, 5) is 27.1. The molecular weight excluding hydrogens is 424 g/mol. The molecule has 6 heteroatoms. The summed E-state index contributed by atoms with van der Waals surface area (Å²) in [6.07, 6.45) is 2.58. The number of nitrogens with zero attached hydrogens (tertiary/aromatic N) is 4. The standard InChI is InChI=1S/C28H34N4O2/c1-5-26-25(19-22-9-7-20(2)8-10-22)27(30-21(3)29-26)31-15-6-16-32(18-17-31)28(33)23-11-13-24(34-4)14-12-23/h7-14H,5-6,15-19H2,1-4H3. The highest BCUT2D eigenvalue weighted by molar-refractivity contribution is 5.94. The van der Waals surface area contributed by atoms with E-state index >= 15 is 0 Å². The summed E-state index contributed by atoms with van der Waals surface area (Å²) in [5.74, 6) is 2.64. The van der Waals surface area contributed by atoms with Gasteiger partial charge >= 0.3 is 0 Å². The minimum Gasteiger partial charge on any atom is -0.497 e. The average molecular weight is 459 g/mol. The van der Waals surface area contributed by atoms with Crippen molar-refractivity contribution in [2.24, 2.45) is 0 Å². The summed E-state index contributed by atoms with van der Waals surface area (Å²) in [5.41, 5.74) is 5.53. The second-order valence-corrected chi connectivity index (χ2v) is 8.90. The molecular formula is C28H34N4O2. The predicted molar refractivity (Wildman–Crippen MR) is 136 cm³/mol. The Morgan fingerprint density at radius 2 is 1.68 bits per heavy atom. The number of carbonyl (C=O) groups is 1. The van der Waals surface area contributed by atoms with Crippen LogP contribution in [-0.4, -0.2) is 54.1 Å². The summed E-state index contributed by atoms with van der Waals surface area (Å²) in [7, 11) is 1.63. The van der Waals surface area contributed by atoms with Crippen LogP contribution >= 0.6 is 0 Å². The zero-order valence-corrected chi connectivity index (χ0v) is 20.7. The Morgan fingerprint density at radius 3 is 2.35 bits per heavy atom. The maximum Gasteiger partial charge on any atom is 0.253 e. The summed E-state index contributed by atoms with van der Waals surface area (Å²) in [6.45, 7) is 9.25. The molecule has 1 aliphatic heterocycles. The molecule has 0 atom stereocenters. The number of anilines is 1. The Morgan fingerprint density at radius 1 is 0.941 bits per heavy atom. The fourth-order valence-corrected chi connectivity index (χ4v) is 4.53. The number of amides is 1. The molecule has 0 saturated carbocycles. The van der Waals surface area contributed by atoms with Crippen LogP contribution < -0.4 is 9.64 Å². The summed E-state index contributed by atoms with van der Waals surface area (Å²) < 4.78 is 5.22. The minimum atomic E-state index is 0.0671. The SMILES string of the molecule is CCc1nc(C)nc(N2CCCN(C(=O)c3ccc(OC)cc3)CC2)c1Cc1ccc(C)cc1. The van der Waals surface area contributed by atoms with Gasteiger partial charge in [-0.15, -0.1) is 0 Å². The molecule has 2 aromatic carbocycles. The van der Waals surface area contributed by atoms with Gasteiger partial charge in [0.15, 0.2) is 0 Å². The van der Waals surface area contributed by atoms with Crippen LogP contribution in [0.2, 0.25) is 0 Å². The van der Waals surface area contributed by atoms with Crippen molar-refractivity contribution >= 4 is 11.7 Å². The number of hydrogen-bond donors (Lipinski definition) is 0. The van der Waals surface area contributed by atoms with E-state index in [1.165, 1.54) is 16.7 Å². The van der Waals surface area contributed by atoms with E-state index in [9.17, 15) is 4.79 Å². The van der Waals surface area contributed by atoms with Crippen molar-refractivity contribution in [3.05, 3.63) is 82.3 Å². The lowest BCUT2D eigenvalue weighted by atomic mass is 10.0. The van der Waals surface area contributed by atoms with Gasteiger partial charge in [-0.2, -0.15) is 0 Å². The zero-order chi connectivity index (χ0) is 24.1. The van der Waals surface area contributed by atoms with Crippen LogP contribution in [0.4, 0.5) is 5.82 Å². The first-order valence-electron chi connectivity index (χ1n) is 12.1. The molecule has 0 unspecified atom stereocenters. The van der Waals surface area contributed by atoms with Crippen LogP contribution in [0.15, 0.2) is 48.5 Å². The largest absolute Gasteiger partial charge is 0.497 e. The third-order valence-electron chi connectivity index (χ3n) is 6.44. The van der Waals surface area contributed by atoms with Crippen LogP contribution in [0.5, 0.6) is 5.75 Å². The van der Waals surface area contributed by atoms with Crippen LogP contribution in [-0.2, 0) is 12.8 Å². The molecule has 1 saturated heterocycles. The Hall–Kier alpha value is -3.41. The number of ether oxygens (including phenoxy) is 1. The Balaban J connectivity index is 1.56. The molecule has 178 valence electrons. The highest BCUT2D eigenvalue weighted by Gasteiger charge is 2.24. The molecule has 1 fully saturated rings. The van der Waals surface area contributed by atoms with E-state index in [0.29, 0.717) is 12.1 Å². The van der Waals surface area contributed by atoms with Gasteiger partial charge in [-0.3, -0.25) is 4.79 Å². The fourth-order valence-electron chi connectivity index (χ4n) is 4.53. The first-order chi connectivity index (χ1) is 16.5. The molecule has 1 amide bonds. The summed E-state index contributed by atoms with van der Waals surface area (Å²) in [6, 6.07) is 16.0. The Labute approximate surface area is 202 Å². The quantitative estimate of drug-likeness (QED) is 0.540. The third kappa shape index (κ3) is 5.38. The minimum absolute atomic E-state index is 0.0671. The van der Waals surface area contributed by atoms with Crippen molar-refractivity contribution in [1.29, 1.82) is 0 Å². The van der Waals surface area contributed by atoms with Crippen LogP contribution in [0.3, 0.4) is 0 Å². The van der Waals surface area contributed by atoms with E-state index in [4.69, 9.17) is 14.7 Å². The van der Waals surface area contributed by atoms with Crippen molar-refractivity contribution in [2.45, 2.75) is 40.0 Å². The number of carbonyl (C=O) groups excluding carboxylic acids is 1. The van der Waals surface area contributed by atoms with Gasteiger partial charge in [-0.1, -0.05) is 36.8 Å². The Bertz CT molecular complexity index is 1130. The lowest BCUT2D eigenvalue weighted by Gasteiger charge is -2.26. The topological polar surface area (TPSA) is 58.6 Å². The van der Waals surface area contributed by atoms with Crippen molar-refractivity contribution in [2.75, 3.05) is 38.2 Å². The Kier molecular flexibility index (Phi) is 7.46. The maximum atomic E-state index is 13.1. The molecule has 34 heavy (non-hydrogen) atoms. The molecule has 6 nitrogen and oxygen atoms in total. The van der Waals surface area contributed by atoms with Gasteiger partial charge in [-0.05, 0) is 56.5 Å². The number of benzene rings is 2. The van der Waals surface area contributed by atoms with Crippen molar-refractivity contribution in [3.63, 3.8) is 0 Å². The first-order valence-corrected chi connectivity index (χ1v) is 12.1. The number of aromatic nitrogens is 2. The highest BCUT2D eigenvalue weighted by Crippen LogP contribution is 2.26. The van der Waals surface area contributed by atoms with Crippen molar-refractivity contribution < 1.29 is 9.53 Å². The van der Waals surface area contributed by atoms with E-state index in [2.05, 4.69) is 43.0 Å². The molecule has 0 radical (unpaired) electrons. The molecule has 4 rings (SSSR count). The maximum absolute atomic E-state index is 13.1. The zero-order valence-electron chi connectivity index (χ0n) is 20.7. The second kappa shape index (κ2) is 10.7. The highest BCUT2D eigenvalue weighted by atomic mass is 16.5. The van der Waals surface area contributed by atoms with Gasteiger partial charge < -0.3 is 14.5 Å². The molecule has 1 aromatic heterocycles. The smallest absolute Gasteiger partial charge is 0.253 e. The molecule has 0 N–H and O–H groups in total. The molecule has 0 aliphatic carbocycles. The van der Waals surface area contributed by atoms with Crippen LogP contribution in [0.25, 0.3) is 0 Å². The van der Waals surface area contributed by atoms with Gasteiger partial charge in [0.25, 0.3) is 5.91 Å². The van der Waals surface area contributed by atoms with Crippen molar-refractivity contribution in [3.8, 4) is 5.75 Å². The number of methoxy groups -OCH3 is 1. The lowest BCUT2D eigenvalue weighted by Crippen LogP contribution is -2.35. The molecule has 3 aromatic rings. The summed E-state index contributed by atoms with van der Waals surface area (Å²) in [5, 5.41) is 0. The van der Waals surface area contributed by atoms with E-state index in [1.54, 1.807) is 7.11 Å². The third-order valence-corrected chi connectivity index (χ3v) is 6.44. The van der Waals surface area contributed by atoms with E-state index in [1.807, 2.05) is 36.1 Å². The second-order valence-electron chi connectivity index (χ2n) is 8.90. The van der Waals surface area contributed by atoms with Crippen LogP contribution in [0, 0.1) is 13.8 Å². The number of rotatable bonds is 6. The van der Waals surface area contributed by atoms with Gasteiger partial charge in [0.1, 0.15) is 17.4 Å². The fraction of sp³-hybridized carbons (Fsp3) is 0.393.